The van der Waals surface area contributed by atoms with Gasteiger partial charge >= 0.3 is 0 Å². The molecule has 5 heteroatoms. The van der Waals surface area contributed by atoms with Crippen molar-refractivity contribution in [3.8, 4) is 0 Å². The normalized spacial score (nSPS) is 30.7. The summed E-state index contributed by atoms with van der Waals surface area (Å²) in [5.41, 5.74) is 0.829. The summed E-state index contributed by atoms with van der Waals surface area (Å²) in [5, 5.41) is 2.78. The molecule has 4 rings (SSSR count). The Morgan fingerprint density at radius 1 is 1.12 bits per heavy atom. The van der Waals surface area contributed by atoms with E-state index in [0.717, 1.165) is 12.0 Å². The third-order valence-electron chi connectivity index (χ3n) is 5.75. The lowest BCUT2D eigenvalue weighted by molar-refractivity contribution is -0.144. The van der Waals surface area contributed by atoms with Gasteiger partial charge in [0.1, 0.15) is 0 Å². The highest BCUT2D eigenvalue weighted by Crippen LogP contribution is 2.54. The second-order valence-corrected chi connectivity index (χ2v) is 7.13. The van der Waals surface area contributed by atoms with E-state index in [0.29, 0.717) is 6.54 Å². The van der Waals surface area contributed by atoms with Crippen LogP contribution < -0.4 is 5.32 Å². The standard InChI is InChI=1S/C20H22N2O3/c1-2-21-16(23)11-15(12-6-4-3-5-7-12)22-19(24)17-13-8-9-14(10-13)18(17)20(22)25/h3-9,13-15,17-18H,2,10-11H2,1H3,(H,21,23). The molecule has 3 amide bonds. The Balaban J connectivity index is 1.67. The highest BCUT2D eigenvalue weighted by molar-refractivity contribution is 6.07. The first kappa shape index (κ1) is 16.1. The molecule has 1 saturated heterocycles. The summed E-state index contributed by atoms with van der Waals surface area (Å²) in [6.45, 7) is 2.39. The second-order valence-electron chi connectivity index (χ2n) is 7.13. The minimum atomic E-state index is -0.530. The van der Waals surface area contributed by atoms with Crippen LogP contribution in [0.25, 0.3) is 0 Å². The average molecular weight is 338 g/mol. The van der Waals surface area contributed by atoms with Gasteiger partial charge in [0.15, 0.2) is 0 Å². The molecule has 1 aromatic carbocycles. The Bertz CT molecular complexity index is 713. The van der Waals surface area contributed by atoms with E-state index in [1.807, 2.05) is 37.3 Å². The molecular weight excluding hydrogens is 316 g/mol. The van der Waals surface area contributed by atoms with Gasteiger partial charge in [0.2, 0.25) is 17.7 Å². The molecule has 0 spiro atoms. The van der Waals surface area contributed by atoms with Crippen LogP contribution in [0.15, 0.2) is 42.5 Å². The van der Waals surface area contributed by atoms with Crippen molar-refractivity contribution in [2.75, 3.05) is 6.54 Å². The van der Waals surface area contributed by atoms with Crippen LogP contribution in [-0.2, 0) is 14.4 Å². The zero-order valence-corrected chi connectivity index (χ0v) is 14.2. The molecule has 1 aliphatic heterocycles. The van der Waals surface area contributed by atoms with Crippen LogP contribution in [0.2, 0.25) is 0 Å². The first-order valence-corrected chi connectivity index (χ1v) is 8.98. The molecule has 1 aromatic rings. The summed E-state index contributed by atoms with van der Waals surface area (Å²) in [5.74, 6) is -0.467. The van der Waals surface area contributed by atoms with Gasteiger partial charge < -0.3 is 5.32 Å². The van der Waals surface area contributed by atoms with Gasteiger partial charge in [-0.05, 0) is 30.7 Å². The molecule has 5 unspecified atom stereocenters. The number of benzene rings is 1. The Morgan fingerprint density at radius 3 is 2.28 bits per heavy atom. The molecule has 5 atom stereocenters. The fourth-order valence-corrected chi connectivity index (χ4v) is 4.71. The second kappa shape index (κ2) is 6.14. The minimum Gasteiger partial charge on any atom is -0.356 e. The molecule has 2 bridgehead atoms. The number of amides is 3. The maximum atomic E-state index is 13.1. The highest BCUT2D eigenvalue weighted by Gasteiger charge is 2.60. The van der Waals surface area contributed by atoms with E-state index in [1.54, 1.807) is 0 Å². The van der Waals surface area contributed by atoms with E-state index in [4.69, 9.17) is 0 Å². The number of hydrogen-bond donors (Lipinski definition) is 1. The first-order chi connectivity index (χ1) is 12.1. The third-order valence-corrected chi connectivity index (χ3v) is 5.75. The molecule has 25 heavy (non-hydrogen) atoms. The van der Waals surface area contributed by atoms with Crippen molar-refractivity contribution in [2.24, 2.45) is 23.7 Å². The Labute approximate surface area is 147 Å². The van der Waals surface area contributed by atoms with Crippen LogP contribution in [0, 0.1) is 23.7 Å². The Hall–Kier alpha value is -2.43. The van der Waals surface area contributed by atoms with Crippen molar-refractivity contribution >= 4 is 17.7 Å². The van der Waals surface area contributed by atoms with Crippen molar-refractivity contribution in [3.05, 3.63) is 48.0 Å². The Morgan fingerprint density at radius 2 is 1.72 bits per heavy atom. The molecule has 0 radical (unpaired) electrons. The van der Waals surface area contributed by atoms with Gasteiger partial charge in [-0.15, -0.1) is 0 Å². The Kier molecular flexibility index (Phi) is 3.94. The monoisotopic (exact) mass is 338 g/mol. The van der Waals surface area contributed by atoms with Crippen LogP contribution >= 0.6 is 0 Å². The van der Waals surface area contributed by atoms with Gasteiger partial charge in [0.05, 0.1) is 24.3 Å². The predicted octanol–water partition coefficient (Wildman–Crippen LogP) is 2.06. The van der Waals surface area contributed by atoms with Gasteiger partial charge in [-0.2, -0.15) is 0 Å². The van der Waals surface area contributed by atoms with Crippen LogP contribution in [0.4, 0.5) is 0 Å². The van der Waals surface area contributed by atoms with Crippen LogP contribution in [0.1, 0.15) is 31.4 Å². The maximum Gasteiger partial charge on any atom is 0.234 e. The molecule has 1 saturated carbocycles. The number of fused-ring (bicyclic) bond motifs is 5. The van der Waals surface area contributed by atoms with Crippen molar-refractivity contribution in [2.45, 2.75) is 25.8 Å². The third kappa shape index (κ3) is 2.49. The zero-order valence-electron chi connectivity index (χ0n) is 14.2. The number of hydrogen-bond acceptors (Lipinski definition) is 3. The van der Waals surface area contributed by atoms with Crippen molar-refractivity contribution < 1.29 is 14.4 Å². The number of nitrogens with one attached hydrogen (secondary N) is 1. The average Bonchev–Trinajstić information content (AvgIpc) is 3.28. The summed E-state index contributed by atoms with van der Waals surface area (Å²) < 4.78 is 0. The number of likely N-dealkylation sites (tertiary alicyclic amines) is 1. The van der Waals surface area contributed by atoms with Crippen LogP contribution in [-0.4, -0.2) is 29.2 Å². The number of allylic oxidation sites excluding steroid dienone is 2. The van der Waals surface area contributed by atoms with E-state index in [-0.39, 0.29) is 47.8 Å². The number of rotatable bonds is 5. The van der Waals surface area contributed by atoms with Crippen LogP contribution in [0.3, 0.4) is 0 Å². The van der Waals surface area contributed by atoms with Crippen molar-refractivity contribution in [3.63, 3.8) is 0 Å². The molecule has 130 valence electrons. The maximum absolute atomic E-state index is 13.1. The van der Waals surface area contributed by atoms with Gasteiger partial charge in [-0.3, -0.25) is 19.3 Å². The summed E-state index contributed by atoms with van der Waals surface area (Å²) >= 11 is 0. The molecule has 5 nitrogen and oxygen atoms in total. The fraction of sp³-hybridized carbons (Fsp3) is 0.450. The van der Waals surface area contributed by atoms with E-state index in [2.05, 4.69) is 17.5 Å². The van der Waals surface area contributed by atoms with E-state index in [9.17, 15) is 14.4 Å². The number of carbonyl (C=O) groups is 3. The predicted molar refractivity (Wildman–Crippen MR) is 92.1 cm³/mol. The summed E-state index contributed by atoms with van der Waals surface area (Å²) in [7, 11) is 0. The number of carbonyl (C=O) groups excluding carboxylic acids is 3. The van der Waals surface area contributed by atoms with E-state index < -0.39 is 6.04 Å². The molecular formula is C20H22N2O3. The molecule has 2 fully saturated rings. The SMILES string of the molecule is CCNC(=O)CC(c1ccccc1)N1C(=O)C2C3C=CC(C3)C2C1=O. The molecule has 2 aliphatic carbocycles. The summed E-state index contributed by atoms with van der Waals surface area (Å²) in [4.78, 5) is 39.8. The molecule has 0 aromatic heterocycles. The van der Waals surface area contributed by atoms with Gasteiger partial charge in [-0.1, -0.05) is 42.5 Å². The topological polar surface area (TPSA) is 66.5 Å². The van der Waals surface area contributed by atoms with Gasteiger partial charge in [0, 0.05) is 6.54 Å². The molecule has 1 heterocycles. The summed E-state index contributed by atoms with van der Waals surface area (Å²) in [6, 6.07) is 8.86. The lowest BCUT2D eigenvalue weighted by Gasteiger charge is -2.28. The molecule has 3 aliphatic rings. The van der Waals surface area contributed by atoms with Gasteiger partial charge in [0.25, 0.3) is 0 Å². The number of nitrogens with zero attached hydrogens (tertiary/aromatic N) is 1. The quantitative estimate of drug-likeness (QED) is 0.660. The zero-order chi connectivity index (χ0) is 17.6. The highest BCUT2D eigenvalue weighted by atomic mass is 16.2. The van der Waals surface area contributed by atoms with Gasteiger partial charge in [-0.25, -0.2) is 0 Å². The first-order valence-electron chi connectivity index (χ1n) is 8.98. The minimum absolute atomic E-state index is 0.106. The lowest BCUT2D eigenvalue weighted by Crippen LogP contribution is -2.39. The number of imide groups is 1. The smallest absolute Gasteiger partial charge is 0.234 e. The van der Waals surface area contributed by atoms with Crippen molar-refractivity contribution in [1.29, 1.82) is 0 Å². The molecule has 1 N–H and O–H groups in total. The van der Waals surface area contributed by atoms with Crippen LogP contribution in [0.5, 0.6) is 0 Å². The van der Waals surface area contributed by atoms with Crippen molar-refractivity contribution in [1.82, 2.24) is 10.2 Å². The van der Waals surface area contributed by atoms with E-state index in [1.165, 1.54) is 4.90 Å². The fourth-order valence-electron chi connectivity index (χ4n) is 4.71. The summed E-state index contributed by atoms with van der Waals surface area (Å²) in [6.07, 6.45) is 5.19. The largest absolute Gasteiger partial charge is 0.356 e. The lowest BCUT2D eigenvalue weighted by atomic mass is 9.85. The van der Waals surface area contributed by atoms with E-state index >= 15 is 0 Å².